The summed E-state index contributed by atoms with van der Waals surface area (Å²) >= 11 is 0. The van der Waals surface area contributed by atoms with Gasteiger partial charge in [-0.2, -0.15) is 5.26 Å². The molecule has 0 aliphatic heterocycles. The monoisotopic (exact) mass is 341 g/mol. The molecule has 0 saturated heterocycles. The van der Waals surface area contributed by atoms with Crippen molar-refractivity contribution in [2.24, 2.45) is 34.5 Å². The number of nitrogens with zero attached hydrogens (tertiary/aromatic N) is 1. The molecule has 0 radical (unpaired) electrons. The molecule has 3 fully saturated rings. The maximum absolute atomic E-state index is 12.3. The molecule has 4 rings (SSSR count). The second-order valence-electron chi connectivity index (χ2n) is 9.50. The Balaban J connectivity index is 1.69. The number of aliphatic hydroxyl groups is 1. The summed E-state index contributed by atoms with van der Waals surface area (Å²) in [4.78, 5) is 12.3. The fraction of sp³-hybridized carbons (Fsp3) is 0.818. The number of hydrogen-bond donors (Lipinski definition) is 1. The largest absolute Gasteiger partial charge is 0.393 e. The number of fused-ring (bicyclic) bond motifs is 5. The van der Waals surface area contributed by atoms with Gasteiger partial charge in [0, 0.05) is 12.3 Å². The molecule has 4 aliphatic carbocycles. The highest BCUT2D eigenvalue weighted by Gasteiger charge is 2.61. The number of rotatable bonds is 2. The minimum absolute atomic E-state index is 0.0579. The highest BCUT2D eigenvalue weighted by atomic mass is 16.3. The third-order valence-electron chi connectivity index (χ3n) is 8.69. The summed E-state index contributed by atoms with van der Waals surface area (Å²) < 4.78 is 0. The van der Waals surface area contributed by atoms with Crippen molar-refractivity contribution >= 4 is 5.78 Å². The van der Waals surface area contributed by atoms with Crippen molar-refractivity contribution in [3.05, 3.63) is 11.6 Å². The summed E-state index contributed by atoms with van der Waals surface area (Å²) in [6.45, 7) is 4.16. The van der Waals surface area contributed by atoms with E-state index in [1.807, 2.05) is 0 Å². The first kappa shape index (κ1) is 17.3. The van der Waals surface area contributed by atoms with E-state index in [4.69, 9.17) is 0 Å². The van der Waals surface area contributed by atoms with Crippen LogP contribution in [0.25, 0.3) is 0 Å². The van der Waals surface area contributed by atoms with E-state index in [9.17, 15) is 15.2 Å². The molecule has 0 amide bonds. The van der Waals surface area contributed by atoms with E-state index in [-0.39, 0.29) is 22.9 Å². The van der Waals surface area contributed by atoms with Crippen LogP contribution < -0.4 is 0 Å². The molecule has 0 aromatic carbocycles. The molecule has 136 valence electrons. The molecule has 3 saturated carbocycles. The number of carbonyl (C=O) groups is 1. The van der Waals surface area contributed by atoms with Crippen LogP contribution in [0.5, 0.6) is 0 Å². The van der Waals surface area contributed by atoms with E-state index in [1.54, 1.807) is 6.92 Å². The van der Waals surface area contributed by atoms with Crippen molar-refractivity contribution in [2.75, 3.05) is 0 Å². The zero-order valence-corrected chi connectivity index (χ0v) is 15.6. The molecule has 0 bridgehead atoms. The molecule has 4 aliphatic rings. The lowest BCUT2D eigenvalue weighted by Gasteiger charge is -2.58. The molecule has 0 aromatic heterocycles. The fourth-order valence-electron chi connectivity index (χ4n) is 7.55. The Kier molecular flexibility index (Phi) is 4.11. The lowest BCUT2D eigenvalue weighted by atomic mass is 9.46. The number of allylic oxidation sites excluding steroid dienone is 1. The lowest BCUT2D eigenvalue weighted by Crippen LogP contribution is -2.51. The van der Waals surface area contributed by atoms with Gasteiger partial charge in [0.25, 0.3) is 0 Å². The molecule has 3 heteroatoms. The quantitative estimate of drug-likeness (QED) is 0.757. The number of Topliss-reactive ketones (excluding diaryl/α,β-unsaturated/α-hetero) is 1. The zero-order valence-electron chi connectivity index (χ0n) is 15.6. The molecule has 1 N–H and O–H groups in total. The highest BCUT2D eigenvalue weighted by Crippen LogP contribution is 2.67. The van der Waals surface area contributed by atoms with Crippen molar-refractivity contribution < 1.29 is 9.90 Å². The van der Waals surface area contributed by atoms with Gasteiger partial charge >= 0.3 is 0 Å². The molecule has 0 spiro atoms. The Morgan fingerprint density at radius 2 is 2.08 bits per heavy atom. The summed E-state index contributed by atoms with van der Waals surface area (Å²) in [6.07, 6.45) is 11.1. The van der Waals surface area contributed by atoms with Crippen LogP contribution in [-0.4, -0.2) is 17.0 Å². The number of carbonyl (C=O) groups excluding carboxylic acids is 1. The first-order valence-electron chi connectivity index (χ1n) is 10.2. The van der Waals surface area contributed by atoms with Gasteiger partial charge in [0.2, 0.25) is 0 Å². The average molecular weight is 341 g/mol. The SMILES string of the molecule is CC(=O)C1CCC2C3CC=C4CC(O)CCC4(C)C3CCC12CC#N. The van der Waals surface area contributed by atoms with E-state index in [2.05, 4.69) is 19.1 Å². The number of nitriles is 1. The van der Waals surface area contributed by atoms with Crippen LogP contribution in [0.2, 0.25) is 0 Å². The van der Waals surface area contributed by atoms with Crippen LogP contribution in [0.3, 0.4) is 0 Å². The van der Waals surface area contributed by atoms with Gasteiger partial charge in [-0.05, 0) is 86.9 Å². The van der Waals surface area contributed by atoms with Crippen molar-refractivity contribution in [3.63, 3.8) is 0 Å². The Bertz CT molecular complexity index is 647. The highest BCUT2D eigenvalue weighted by molar-refractivity contribution is 5.79. The predicted molar refractivity (Wildman–Crippen MR) is 96.4 cm³/mol. The second-order valence-corrected chi connectivity index (χ2v) is 9.50. The standard InChI is InChI=1S/C22H31NO2/c1-14(24)18-5-6-20-17-4-3-15-13-16(25)7-9-21(15,2)19(17)8-10-22(18,20)11-12-23/h3,16-20,25H,4-11,13H2,1-2H3. The van der Waals surface area contributed by atoms with E-state index in [0.717, 1.165) is 51.4 Å². The minimum atomic E-state index is -0.161. The molecule has 3 nitrogen and oxygen atoms in total. The second kappa shape index (κ2) is 5.95. The first-order valence-corrected chi connectivity index (χ1v) is 10.2. The Morgan fingerprint density at radius 1 is 1.28 bits per heavy atom. The predicted octanol–water partition coefficient (Wildman–Crippen LogP) is 4.41. The summed E-state index contributed by atoms with van der Waals surface area (Å²) in [5.74, 6) is 2.22. The number of aliphatic hydroxyl groups excluding tert-OH is 1. The summed E-state index contributed by atoms with van der Waals surface area (Å²) in [7, 11) is 0. The van der Waals surface area contributed by atoms with Gasteiger partial charge in [-0.25, -0.2) is 0 Å². The van der Waals surface area contributed by atoms with E-state index in [1.165, 1.54) is 5.57 Å². The Hall–Kier alpha value is -1.14. The third kappa shape index (κ3) is 2.36. The lowest BCUT2D eigenvalue weighted by molar-refractivity contribution is -0.128. The molecule has 7 unspecified atom stereocenters. The van der Waals surface area contributed by atoms with Crippen LogP contribution in [0.15, 0.2) is 11.6 Å². The van der Waals surface area contributed by atoms with Gasteiger partial charge in [-0.1, -0.05) is 18.6 Å². The van der Waals surface area contributed by atoms with Crippen LogP contribution >= 0.6 is 0 Å². The fourth-order valence-corrected chi connectivity index (χ4v) is 7.55. The number of hydrogen-bond acceptors (Lipinski definition) is 3. The van der Waals surface area contributed by atoms with Crippen molar-refractivity contribution in [1.82, 2.24) is 0 Å². The molecule has 25 heavy (non-hydrogen) atoms. The Labute approximate surface area is 151 Å². The summed E-state index contributed by atoms with van der Waals surface area (Å²) in [5.41, 5.74) is 1.66. The average Bonchev–Trinajstić information content (AvgIpc) is 2.95. The van der Waals surface area contributed by atoms with Crippen LogP contribution in [-0.2, 0) is 4.79 Å². The first-order chi connectivity index (χ1) is 11.9. The molecule has 7 atom stereocenters. The van der Waals surface area contributed by atoms with Crippen LogP contribution in [0.1, 0.15) is 71.6 Å². The van der Waals surface area contributed by atoms with Gasteiger partial charge in [-0.15, -0.1) is 0 Å². The number of ketones is 1. The van der Waals surface area contributed by atoms with E-state index >= 15 is 0 Å². The van der Waals surface area contributed by atoms with Crippen LogP contribution in [0, 0.1) is 45.8 Å². The third-order valence-corrected chi connectivity index (χ3v) is 8.69. The van der Waals surface area contributed by atoms with Gasteiger partial charge < -0.3 is 5.11 Å². The van der Waals surface area contributed by atoms with E-state index < -0.39 is 0 Å². The molecule has 0 heterocycles. The van der Waals surface area contributed by atoms with Gasteiger partial charge in [0.05, 0.1) is 12.2 Å². The maximum Gasteiger partial charge on any atom is 0.133 e. The van der Waals surface area contributed by atoms with E-state index in [0.29, 0.717) is 30.0 Å². The Morgan fingerprint density at radius 3 is 2.80 bits per heavy atom. The van der Waals surface area contributed by atoms with Gasteiger partial charge in [-0.3, -0.25) is 4.79 Å². The van der Waals surface area contributed by atoms with Crippen LogP contribution in [0.4, 0.5) is 0 Å². The van der Waals surface area contributed by atoms with Gasteiger partial charge in [0.1, 0.15) is 5.78 Å². The maximum atomic E-state index is 12.3. The summed E-state index contributed by atoms with van der Waals surface area (Å²) in [6, 6.07) is 2.45. The zero-order chi connectivity index (χ0) is 17.8. The van der Waals surface area contributed by atoms with Crippen molar-refractivity contribution in [3.8, 4) is 6.07 Å². The molecular formula is C22H31NO2. The smallest absolute Gasteiger partial charge is 0.133 e. The molecule has 0 aromatic rings. The van der Waals surface area contributed by atoms with Crippen molar-refractivity contribution in [2.45, 2.75) is 77.7 Å². The topological polar surface area (TPSA) is 61.1 Å². The molecular weight excluding hydrogens is 310 g/mol. The normalized spacial score (nSPS) is 48.6. The summed E-state index contributed by atoms with van der Waals surface area (Å²) in [5, 5.41) is 19.6. The van der Waals surface area contributed by atoms with Crippen molar-refractivity contribution in [1.29, 1.82) is 5.26 Å². The van der Waals surface area contributed by atoms with Gasteiger partial charge in [0.15, 0.2) is 0 Å². The minimum Gasteiger partial charge on any atom is -0.393 e.